The van der Waals surface area contributed by atoms with Crippen LogP contribution in [0, 0.1) is 0 Å². The third-order valence-electron chi connectivity index (χ3n) is 1.90. The van der Waals surface area contributed by atoms with E-state index < -0.39 is 5.51 Å². The Bertz CT molecular complexity index is 462. The average Bonchev–Trinajstić information content (AvgIpc) is 2.69. The van der Waals surface area contributed by atoms with Gasteiger partial charge in [-0.3, -0.25) is 0 Å². The SMILES string of the molecule is FC(F)(F)Sc1ccccc1-c1ccco1. The van der Waals surface area contributed by atoms with Crippen molar-refractivity contribution in [3.8, 4) is 11.3 Å². The molecule has 0 radical (unpaired) electrons. The molecular weight excluding hydrogens is 237 g/mol. The summed E-state index contributed by atoms with van der Waals surface area (Å²) >= 11 is -0.134. The molecule has 0 aliphatic rings. The van der Waals surface area contributed by atoms with Crippen LogP contribution in [0.2, 0.25) is 0 Å². The molecule has 1 aromatic heterocycles. The number of benzene rings is 1. The largest absolute Gasteiger partial charge is 0.464 e. The smallest absolute Gasteiger partial charge is 0.446 e. The number of alkyl halides is 3. The summed E-state index contributed by atoms with van der Waals surface area (Å²) in [6.07, 6.45) is 1.43. The van der Waals surface area contributed by atoms with E-state index in [2.05, 4.69) is 0 Å². The standard InChI is InChI=1S/C11H7F3OS/c12-11(13,14)16-10-6-2-1-4-8(10)9-5-3-7-15-9/h1-7H. The average molecular weight is 244 g/mol. The van der Waals surface area contributed by atoms with Crippen LogP contribution in [-0.4, -0.2) is 5.51 Å². The molecule has 0 unspecified atom stereocenters. The zero-order valence-corrected chi connectivity index (χ0v) is 8.81. The molecule has 0 bridgehead atoms. The molecule has 1 aromatic carbocycles. The van der Waals surface area contributed by atoms with Gasteiger partial charge in [-0.25, -0.2) is 0 Å². The second-order valence-electron chi connectivity index (χ2n) is 3.02. The molecule has 0 spiro atoms. The zero-order chi connectivity index (χ0) is 11.6. The molecule has 1 heterocycles. The van der Waals surface area contributed by atoms with Gasteiger partial charge >= 0.3 is 5.51 Å². The fourth-order valence-corrected chi connectivity index (χ4v) is 1.99. The number of hydrogen-bond acceptors (Lipinski definition) is 2. The maximum Gasteiger partial charge on any atom is 0.446 e. The van der Waals surface area contributed by atoms with Crippen LogP contribution in [0.25, 0.3) is 11.3 Å². The van der Waals surface area contributed by atoms with Crippen LogP contribution in [0.4, 0.5) is 13.2 Å². The van der Waals surface area contributed by atoms with Crippen molar-refractivity contribution in [1.82, 2.24) is 0 Å². The Balaban J connectivity index is 2.39. The van der Waals surface area contributed by atoms with Crippen LogP contribution >= 0.6 is 11.8 Å². The highest BCUT2D eigenvalue weighted by molar-refractivity contribution is 8.00. The second kappa shape index (κ2) is 4.25. The van der Waals surface area contributed by atoms with Crippen molar-refractivity contribution in [3.05, 3.63) is 42.7 Å². The Labute approximate surface area is 94.3 Å². The summed E-state index contributed by atoms with van der Waals surface area (Å²) in [5.41, 5.74) is -3.84. The number of hydrogen-bond donors (Lipinski definition) is 0. The number of furan rings is 1. The predicted octanol–water partition coefficient (Wildman–Crippen LogP) is 4.56. The van der Waals surface area contributed by atoms with E-state index in [1.807, 2.05) is 0 Å². The van der Waals surface area contributed by atoms with Crippen molar-refractivity contribution in [2.45, 2.75) is 10.4 Å². The van der Waals surface area contributed by atoms with Gasteiger partial charge < -0.3 is 4.42 Å². The first-order valence-electron chi connectivity index (χ1n) is 4.45. The molecule has 0 fully saturated rings. The van der Waals surface area contributed by atoms with E-state index in [-0.39, 0.29) is 16.7 Å². The molecule has 5 heteroatoms. The highest BCUT2D eigenvalue weighted by Gasteiger charge is 2.30. The van der Waals surface area contributed by atoms with Crippen LogP contribution in [0.1, 0.15) is 0 Å². The summed E-state index contributed by atoms with van der Waals surface area (Å²) in [4.78, 5) is 0.143. The van der Waals surface area contributed by atoms with Gasteiger partial charge in [0.25, 0.3) is 0 Å². The van der Waals surface area contributed by atoms with E-state index >= 15 is 0 Å². The van der Waals surface area contributed by atoms with E-state index in [9.17, 15) is 13.2 Å². The first kappa shape index (κ1) is 11.1. The van der Waals surface area contributed by atoms with Gasteiger partial charge in [0, 0.05) is 10.5 Å². The minimum Gasteiger partial charge on any atom is -0.464 e. The van der Waals surface area contributed by atoms with Gasteiger partial charge in [-0.1, -0.05) is 18.2 Å². The third kappa shape index (κ3) is 2.61. The van der Waals surface area contributed by atoms with Crippen molar-refractivity contribution in [2.24, 2.45) is 0 Å². The van der Waals surface area contributed by atoms with Crippen molar-refractivity contribution >= 4 is 11.8 Å². The van der Waals surface area contributed by atoms with Crippen LogP contribution in [0.5, 0.6) is 0 Å². The number of thioether (sulfide) groups is 1. The van der Waals surface area contributed by atoms with Crippen molar-refractivity contribution < 1.29 is 17.6 Å². The lowest BCUT2D eigenvalue weighted by molar-refractivity contribution is -0.0327. The van der Waals surface area contributed by atoms with E-state index in [0.29, 0.717) is 11.3 Å². The molecule has 16 heavy (non-hydrogen) atoms. The van der Waals surface area contributed by atoms with Gasteiger partial charge in [0.05, 0.1) is 6.26 Å². The highest BCUT2D eigenvalue weighted by atomic mass is 32.2. The number of rotatable bonds is 2. The molecule has 2 aromatic rings. The molecule has 0 N–H and O–H groups in total. The fourth-order valence-electron chi connectivity index (χ4n) is 1.32. The van der Waals surface area contributed by atoms with Gasteiger partial charge in [-0.15, -0.1) is 0 Å². The summed E-state index contributed by atoms with van der Waals surface area (Å²) in [7, 11) is 0. The van der Waals surface area contributed by atoms with E-state index in [4.69, 9.17) is 4.42 Å². The van der Waals surface area contributed by atoms with Crippen LogP contribution in [0.15, 0.2) is 52.0 Å². The van der Waals surface area contributed by atoms with Crippen LogP contribution < -0.4 is 0 Å². The topological polar surface area (TPSA) is 13.1 Å². The normalized spacial score (nSPS) is 11.7. The Kier molecular flexibility index (Phi) is 2.96. The van der Waals surface area contributed by atoms with Gasteiger partial charge in [0.1, 0.15) is 5.76 Å². The van der Waals surface area contributed by atoms with Crippen molar-refractivity contribution in [1.29, 1.82) is 0 Å². The molecule has 0 saturated carbocycles. The predicted molar refractivity (Wildman–Crippen MR) is 56.1 cm³/mol. The van der Waals surface area contributed by atoms with Gasteiger partial charge in [0.15, 0.2) is 0 Å². The fraction of sp³-hybridized carbons (Fsp3) is 0.0909. The first-order chi connectivity index (χ1) is 7.56. The van der Waals surface area contributed by atoms with Crippen molar-refractivity contribution in [2.75, 3.05) is 0 Å². The van der Waals surface area contributed by atoms with E-state index in [1.165, 1.54) is 12.3 Å². The van der Waals surface area contributed by atoms with Crippen LogP contribution in [-0.2, 0) is 0 Å². The summed E-state index contributed by atoms with van der Waals surface area (Å²) in [6.45, 7) is 0. The minimum absolute atomic E-state index is 0.134. The molecule has 0 amide bonds. The quantitative estimate of drug-likeness (QED) is 0.718. The van der Waals surface area contributed by atoms with Gasteiger partial charge in [0.2, 0.25) is 0 Å². The van der Waals surface area contributed by atoms with Gasteiger partial charge in [-0.05, 0) is 30.0 Å². The minimum atomic E-state index is -4.29. The van der Waals surface area contributed by atoms with Crippen molar-refractivity contribution in [3.63, 3.8) is 0 Å². The zero-order valence-electron chi connectivity index (χ0n) is 7.99. The molecule has 0 atom stereocenters. The van der Waals surface area contributed by atoms with E-state index in [1.54, 1.807) is 30.3 Å². The lowest BCUT2D eigenvalue weighted by atomic mass is 10.2. The summed E-state index contributed by atoms with van der Waals surface area (Å²) in [5.74, 6) is 0.437. The van der Waals surface area contributed by atoms with Gasteiger partial charge in [-0.2, -0.15) is 13.2 Å². The molecule has 2 rings (SSSR count). The third-order valence-corrected chi connectivity index (χ3v) is 2.71. The molecule has 0 aliphatic carbocycles. The molecular formula is C11H7F3OS. The number of halogens is 3. The lowest BCUT2D eigenvalue weighted by Gasteiger charge is -2.08. The molecule has 84 valence electrons. The Morgan fingerprint density at radius 3 is 2.38 bits per heavy atom. The van der Waals surface area contributed by atoms with Crippen LogP contribution in [0.3, 0.4) is 0 Å². The lowest BCUT2D eigenvalue weighted by Crippen LogP contribution is -1.99. The molecule has 1 nitrogen and oxygen atoms in total. The highest BCUT2D eigenvalue weighted by Crippen LogP contribution is 2.41. The molecule has 0 saturated heterocycles. The maximum atomic E-state index is 12.3. The maximum absolute atomic E-state index is 12.3. The Morgan fingerprint density at radius 1 is 1.00 bits per heavy atom. The first-order valence-corrected chi connectivity index (χ1v) is 5.26. The van der Waals surface area contributed by atoms with E-state index in [0.717, 1.165) is 0 Å². The summed E-state index contributed by atoms with van der Waals surface area (Å²) < 4.78 is 42.0. The monoisotopic (exact) mass is 244 g/mol. The molecule has 0 aliphatic heterocycles. The Hall–Kier alpha value is -1.36. The second-order valence-corrected chi connectivity index (χ2v) is 4.13. The summed E-state index contributed by atoms with van der Waals surface area (Å²) in [6, 6.07) is 9.56. The summed E-state index contributed by atoms with van der Waals surface area (Å²) in [5, 5.41) is 0. The Morgan fingerprint density at radius 2 is 1.75 bits per heavy atom.